The predicted molar refractivity (Wildman–Crippen MR) is 78.9 cm³/mol. The first-order valence-corrected chi connectivity index (χ1v) is 7.07. The Morgan fingerprint density at radius 3 is 2.43 bits per heavy atom. The van der Waals surface area contributed by atoms with Crippen molar-refractivity contribution in [3.05, 3.63) is 23.8 Å². The van der Waals surface area contributed by atoms with E-state index in [1.807, 2.05) is 0 Å². The molecule has 0 heterocycles. The smallest absolute Gasteiger partial charge is 0.257 e. The zero-order valence-electron chi connectivity index (χ0n) is 12.7. The second kappa shape index (κ2) is 6.61. The first-order valence-electron chi connectivity index (χ1n) is 7.07. The maximum absolute atomic E-state index is 12.7. The van der Waals surface area contributed by atoms with E-state index in [0.717, 1.165) is 12.8 Å². The van der Waals surface area contributed by atoms with Crippen molar-refractivity contribution in [3.63, 3.8) is 0 Å². The highest BCUT2D eigenvalue weighted by atomic mass is 16.5. The number of carbonyl (C=O) groups excluding carboxylic acids is 2. The summed E-state index contributed by atoms with van der Waals surface area (Å²) < 4.78 is 10.4. The van der Waals surface area contributed by atoms with Crippen LogP contribution in [0, 0.1) is 0 Å². The SMILES string of the molecule is COc1ccc(OC)c(C(=O)N(C)C2CCC(=O)CC2)c1. The van der Waals surface area contributed by atoms with E-state index in [1.165, 1.54) is 7.11 Å². The highest BCUT2D eigenvalue weighted by Crippen LogP contribution is 2.27. The van der Waals surface area contributed by atoms with Crippen molar-refractivity contribution in [2.75, 3.05) is 21.3 Å². The van der Waals surface area contributed by atoms with Crippen LogP contribution in [0.25, 0.3) is 0 Å². The van der Waals surface area contributed by atoms with Crippen LogP contribution >= 0.6 is 0 Å². The number of methoxy groups -OCH3 is 2. The van der Waals surface area contributed by atoms with Gasteiger partial charge < -0.3 is 14.4 Å². The fraction of sp³-hybridized carbons (Fsp3) is 0.500. The van der Waals surface area contributed by atoms with Crippen LogP contribution < -0.4 is 9.47 Å². The average Bonchev–Trinajstić information content (AvgIpc) is 2.53. The van der Waals surface area contributed by atoms with Crippen molar-refractivity contribution in [3.8, 4) is 11.5 Å². The fourth-order valence-electron chi connectivity index (χ4n) is 2.65. The Kier molecular flexibility index (Phi) is 4.83. The molecule has 0 radical (unpaired) electrons. The lowest BCUT2D eigenvalue weighted by Crippen LogP contribution is -2.39. The van der Waals surface area contributed by atoms with Crippen LogP contribution in [-0.2, 0) is 4.79 Å². The number of benzene rings is 1. The van der Waals surface area contributed by atoms with E-state index in [2.05, 4.69) is 0 Å². The van der Waals surface area contributed by atoms with Crippen LogP contribution in [0.1, 0.15) is 36.0 Å². The van der Waals surface area contributed by atoms with Gasteiger partial charge in [-0.2, -0.15) is 0 Å². The number of ketones is 1. The number of rotatable bonds is 4. The lowest BCUT2D eigenvalue weighted by atomic mass is 9.93. The summed E-state index contributed by atoms with van der Waals surface area (Å²) in [4.78, 5) is 25.7. The zero-order chi connectivity index (χ0) is 15.4. The normalized spacial score (nSPS) is 15.7. The molecular weight excluding hydrogens is 270 g/mol. The minimum Gasteiger partial charge on any atom is -0.497 e. The molecule has 21 heavy (non-hydrogen) atoms. The molecule has 1 aliphatic rings. The van der Waals surface area contributed by atoms with Crippen LogP contribution in [0.2, 0.25) is 0 Å². The molecule has 114 valence electrons. The summed E-state index contributed by atoms with van der Waals surface area (Å²) in [5.74, 6) is 1.32. The van der Waals surface area contributed by atoms with Gasteiger partial charge in [0.2, 0.25) is 0 Å². The second-order valence-electron chi connectivity index (χ2n) is 5.25. The highest BCUT2D eigenvalue weighted by molar-refractivity contribution is 5.97. The molecule has 0 unspecified atom stereocenters. The van der Waals surface area contributed by atoms with Gasteiger partial charge in [-0.05, 0) is 31.0 Å². The fourth-order valence-corrected chi connectivity index (χ4v) is 2.65. The van der Waals surface area contributed by atoms with Gasteiger partial charge in [-0.3, -0.25) is 9.59 Å². The molecule has 1 aromatic rings. The number of ether oxygens (including phenoxy) is 2. The monoisotopic (exact) mass is 291 g/mol. The first-order chi connectivity index (χ1) is 10.1. The summed E-state index contributed by atoms with van der Waals surface area (Å²) in [6.45, 7) is 0. The van der Waals surface area contributed by atoms with E-state index in [-0.39, 0.29) is 17.7 Å². The first kappa shape index (κ1) is 15.4. The molecule has 1 aromatic carbocycles. The van der Waals surface area contributed by atoms with Gasteiger partial charge in [-0.25, -0.2) is 0 Å². The van der Waals surface area contributed by atoms with E-state index < -0.39 is 0 Å². The van der Waals surface area contributed by atoms with Gasteiger partial charge in [-0.15, -0.1) is 0 Å². The lowest BCUT2D eigenvalue weighted by molar-refractivity contribution is -0.121. The molecule has 1 aliphatic carbocycles. The summed E-state index contributed by atoms with van der Waals surface area (Å²) in [5.41, 5.74) is 0.483. The van der Waals surface area contributed by atoms with Crippen molar-refractivity contribution < 1.29 is 19.1 Å². The van der Waals surface area contributed by atoms with Crippen molar-refractivity contribution in [2.45, 2.75) is 31.7 Å². The number of hydrogen-bond donors (Lipinski definition) is 0. The topological polar surface area (TPSA) is 55.8 Å². The highest BCUT2D eigenvalue weighted by Gasteiger charge is 2.27. The number of carbonyl (C=O) groups is 2. The number of nitrogens with zero attached hydrogens (tertiary/aromatic N) is 1. The molecule has 0 bridgehead atoms. The van der Waals surface area contributed by atoms with Gasteiger partial charge in [0.25, 0.3) is 5.91 Å². The van der Waals surface area contributed by atoms with Crippen LogP contribution in [0.15, 0.2) is 18.2 Å². The molecule has 0 aromatic heterocycles. The third-order valence-electron chi connectivity index (χ3n) is 4.02. The van der Waals surface area contributed by atoms with Crippen molar-refractivity contribution >= 4 is 11.7 Å². The Hall–Kier alpha value is -2.04. The van der Waals surface area contributed by atoms with Crippen LogP contribution in [0.3, 0.4) is 0 Å². The van der Waals surface area contributed by atoms with Crippen LogP contribution in [0.5, 0.6) is 11.5 Å². The maximum atomic E-state index is 12.7. The standard InChI is InChI=1S/C16H21NO4/c1-17(11-4-6-12(18)7-5-11)16(19)14-10-13(20-2)8-9-15(14)21-3/h8-11H,4-7H2,1-3H3. The van der Waals surface area contributed by atoms with Crippen LogP contribution in [0.4, 0.5) is 0 Å². The third-order valence-corrected chi connectivity index (χ3v) is 4.02. The minimum absolute atomic E-state index is 0.103. The number of Topliss-reactive ketones (excluding diaryl/α,β-unsaturated/α-hetero) is 1. The second-order valence-corrected chi connectivity index (χ2v) is 5.25. The van der Waals surface area contributed by atoms with Crippen molar-refractivity contribution in [1.29, 1.82) is 0 Å². The third kappa shape index (κ3) is 3.35. The van der Waals surface area contributed by atoms with E-state index in [4.69, 9.17) is 9.47 Å². The lowest BCUT2D eigenvalue weighted by Gasteiger charge is -2.31. The van der Waals surface area contributed by atoms with Gasteiger partial charge in [-0.1, -0.05) is 0 Å². The molecule has 2 rings (SSSR count). The molecule has 0 saturated heterocycles. The molecule has 5 nitrogen and oxygen atoms in total. The molecule has 5 heteroatoms. The summed E-state index contributed by atoms with van der Waals surface area (Å²) in [6, 6.07) is 5.27. The number of hydrogen-bond acceptors (Lipinski definition) is 4. The number of amides is 1. The zero-order valence-corrected chi connectivity index (χ0v) is 12.7. The quantitative estimate of drug-likeness (QED) is 0.854. The van der Waals surface area contributed by atoms with E-state index >= 15 is 0 Å². The van der Waals surface area contributed by atoms with E-state index in [9.17, 15) is 9.59 Å². The molecule has 0 atom stereocenters. The Bertz CT molecular complexity index is 531. The van der Waals surface area contributed by atoms with Crippen molar-refractivity contribution in [1.82, 2.24) is 4.90 Å². The molecule has 0 N–H and O–H groups in total. The summed E-state index contributed by atoms with van der Waals surface area (Å²) in [7, 11) is 4.88. The Morgan fingerprint density at radius 2 is 1.86 bits per heavy atom. The van der Waals surface area contributed by atoms with Gasteiger partial charge in [0.1, 0.15) is 17.3 Å². The molecule has 1 amide bonds. The molecule has 0 spiro atoms. The van der Waals surface area contributed by atoms with Crippen LogP contribution in [-0.4, -0.2) is 43.9 Å². The molecule has 1 saturated carbocycles. The Morgan fingerprint density at radius 1 is 1.19 bits per heavy atom. The average molecular weight is 291 g/mol. The summed E-state index contributed by atoms with van der Waals surface area (Å²) in [5, 5.41) is 0. The Labute approximate surface area is 124 Å². The maximum Gasteiger partial charge on any atom is 0.257 e. The van der Waals surface area contributed by atoms with Gasteiger partial charge in [0.05, 0.1) is 19.8 Å². The Balaban J connectivity index is 2.20. The van der Waals surface area contributed by atoms with E-state index in [0.29, 0.717) is 29.9 Å². The van der Waals surface area contributed by atoms with Gasteiger partial charge >= 0.3 is 0 Å². The molecular formula is C16H21NO4. The van der Waals surface area contributed by atoms with Gasteiger partial charge in [0, 0.05) is 25.9 Å². The molecule has 1 fully saturated rings. The molecule has 0 aliphatic heterocycles. The van der Waals surface area contributed by atoms with Crippen molar-refractivity contribution in [2.24, 2.45) is 0 Å². The van der Waals surface area contributed by atoms with Gasteiger partial charge in [0.15, 0.2) is 0 Å². The predicted octanol–water partition coefficient (Wildman–Crippen LogP) is 2.29. The minimum atomic E-state index is -0.106. The largest absolute Gasteiger partial charge is 0.497 e. The van der Waals surface area contributed by atoms with E-state index in [1.54, 1.807) is 37.3 Å². The summed E-state index contributed by atoms with van der Waals surface area (Å²) in [6.07, 6.45) is 2.57. The summed E-state index contributed by atoms with van der Waals surface area (Å²) >= 11 is 0.